The number of hydrogen-bond acceptors (Lipinski definition) is 6. The van der Waals surface area contributed by atoms with Gasteiger partial charge in [-0.05, 0) is 60.2 Å². The maximum absolute atomic E-state index is 12.4. The molecule has 0 aliphatic rings. The van der Waals surface area contributed by atoms with Crippen LogP contribution in [0.25, 0.3) is 0 Å². The molecule has 0 heterocycles. The van der Waals surface area contributed by atoms with Gasteiger partial charge in [0.25, 0.3) is 10.0 Å². The first kappa shape index (κ1) is 22.8. The maximum Gasteiger partial charge on any atom is 0.345 e. The van der Waals surface area contributed by atoms with Gasteiger partial charge in [0, 0.05) is 4.47 Å². The quantitative estimate of drug-likeness (QED) is 0.211. The summed E-state index contributed by atoms with van der Waals surface area (Å²) >= 11 is 9.27. The number of esters is 1. The van der Waals surface area contributed by atoms with Crippen molar-refractivity contribution in [3.8, 4) is 11.5 Å². The molecule has 0 fully saturated rings. The Kier molecular flexibility index (Phi) is 7.32. The normalized spacial score (nSPS) is 11.3. The highest BCUT2D eigenvalue weighted by Gasteiger charge is 2.15. The van der Waals surface area contributed by atoms with Crippen molar-refractivity contribution >= 4 is 49.7 Å². The van der Waals surface area contributed by atoms with Crippen molar-refractivity contribution < 1.29 is 22.7 Å². The Morgan fingerprint density at radius 3 is 2.45 bits per heavy atom. The summed E-state index contributed by atoms with van der Waals surface area (Å²) < 4.78 is 35.9. The van der Waals surface area contributed by atoms with Crippen LogP contribution >= 0.6 is 27.5 Å². The van der Waals surface area contributed by atoms with Crippen molar-refractivity contribution in [3.05, 3.63) is 87.4 Å². The smallest absolute Gasteiger partial charge is 0.345 e. The number of nitrogens with one attached hydrogen (secondary N) is 1. The van der Waals surface area contributed by atoms with Gasteiger partial charge in [-0.2, -0.15) is 13.5 Å². The van der Waals surface area contributed by atoms with E-state index in [1.54, 1.807) is 48.5 Å². The minimum atomic E-state index is -3.80. The van der Waals surface area contributed by atoms with Gasteiger partial charge in [-0.15, -0.1) is 0 Å². The van der Waals surface area contributed by atoms with Crippen LogP contribution in [0.3, 0.4) is 0 Å². The van der Waals surface area contributed by atoms with Gasteiger partial charge in [-0.1, -0.05) is 39.7 Å². The molecule has 0 spiro atoms. The van der Waals surface area contributed by atoms with Crippen LogP contribution in [0, 0.1) is 0 Å². The first-order valence-corrected chi connectivity index (χ1v) is 11.4. The molecule has 0 aliphatic heterocycles. The van der Waals surface area contributed by atoms with Crippen molar-refractivity contribution in [1.29, 1.82) is 0 Å². The number of methoxy groups -OCH3 is 1. The van der Waals surface area contributed by atoms with E-state index in [4.69, 9.17) is 21.1 Å². The van der Waals surface area contributed by atoms with E-state index in [1.807, 2.05) is 0 Å². The van der Waals surface area contributed by atoms with E-state index in [9.17, 15) is 13.2 Å². The highest BCUT2D eigenvalue weighted by atomic mass is 79.9. The fourth-order valence-corrected chi connectivity index (χ4v) is 3.74. The molecular weight excluding hydrogens is 508 g/mol. The van der Waals surface area contributed by atoms with Gasteiger partial charge in [0.1, 0.15) is 0 Å². The topological polar surface area (TPSA) is 94.1 Å². The number of ether oxygens (including phenoxy) is 2. The van der Waals surface area contributed by atoms with Crippen molar-refractivity contribution in [1.82, 2.24) is 4.83 Å². The van der Waals surface area contributed by atoms with Gasteiger partial charge in [0.2, 0.25) is 0 Å². The average molecular weight is 524 g/mol. The summed E-state index contributed by atoms with van der Waals surface area (Å²) in [6.45, 7) is 0. The van der Waals surface area contributed by atoms with Crippen LogP contribution in [0.2, 0.25) is 5.02 Å². The monoisotopic (exact) mass is 522 g/mol. The summed E-state index contributed by atoms with van der Waals surface area (Å²) in [5, 5.41) is 4.05. The molecule has 0 amide bonds. The van der Waals surface area contributed by atoms with Crippen LogP contribution in [-0.4, -0.2) is 27.7 Å². The highest BCUT2D eigenvalue weighted by molar-refractivity contribution is 9.10. The van der Waals surface area contributed by atoms with E-state index in [2.05, 4.69) is 25.9 Å². The zero-order valence-corrected chi connectivity index (χ0v) is 19.2. The van der Waals surface area contributed by atoms with Crippen molar-refractivity contribution in [2.24, 2.45) is 5.10 Å². The Bertz CT molecular complexity index is 1230. The molecule has 31 heavy (non-hydrogen) atoms. The molecule has 0 saturated heterocycles. The van der Waals surface area contributed by atoms with Gasteiger partial charge in [-0.3, -0.25) is 0 Å². The third-order valence-electron chi connectivity index (χ3n) is 3.99. The van der Waals surface area contributed by atoms with Crippen molar-refractivity contribution in [2.75, 3.05) is 7.11 Å². The Hall–Kier alpha value is -2.88. The molecular formula is C21H16BrClN2O5S. The van der Waals surface area contributed by atoms with Crippen LogP contribution in [0.15, 0.2) is 81.2 Å². The van der Waals surface area contributed by atoms with Crippen LogP contribution in [0.4, 0.5) is 0 Å². The fourth-order valence-electron chi connectivity index (χ4n) is 2.47. The van der Waals surface area contributed by atoms with E-state index in [0.29, 0.717) is 5.56 Å². The highest BCUT2D eigenvalue weighted by Crippen LogP contribution is 2.29. The summed E-state index contributed by atoms with van der Waals surface area (Å²) in [4.78, 5) is 14.6. The number of benzene rings is 3. The second-order valence-electron chi connectivity index (χ2n) is 6.09. The van der Waals surface area contributed by atoms with E-state index < -0.39 is 16.0 Å². The summed E-state index contributed by atoms with van der Waals surface area (Å²) in [7, 11) is -2.39. The molecule has 0 aromatic heterocycles. The minimum absolute atomic E-state index is 0.0762. The summed E-state index contributed by atoms with van der Waals surface area (Å²) in [6.07, 6.45) is 1.30. The zero-order valence-electron chi connectivity index (χ0n) is 16.1. The lowest BCUT2D eigenvalue weighted by Crippen LogP contribution is -2.18. The Balaban J connectivity index is 1.73. The molecule has 0 radical (unpaired) electrons. The van der Waals surface area contributed by atoms with Crippen LogP contribution in [-0.2, 0) is 10.0 Å². The molecule has 3 rings (SSSR count). The predicted octanol–water partition coefficient (Wildman–Crippen LogP) is 4.64. The van der Waals surface area contributed by atoms with Gasteiger partial charge in [-0.25, -0.2) is 9.63 Å². The number of halogens is 2. The Morgan fingerprint density at radius 1 is 1.06 bits per heavy atom. The lowest BCUT2D eigenvalue weighted by atomic mass is 10.2. The van der Waals surface area contributed by atoms with E-state index in [0.717, 1.165) is 4.47 Å². The maximum atomic E-state index is 12.4. The van der Waals surface area contributed by atoms with E-state index in [1.165, 1.54) is 31.5 Å². The van der Waals surface area contributed by atoms with Gasteiger partial charge < -0.3 is 9.47 Å². The molecule has 0 saturated carbocycles. The fraction of sp³-hybridized carbons (Fsp3) is 0.0476. The van der Waals surface area contributed by atoms with Crippen LogP contribution < -0.4 is 14.3 Å². The van der Waals surface area contributed by atoms with Gasteiger partial charge >= 0.3 is 5.97 Å². The molecule has 7 nitrogen and oxygen atoms in total. The number of hydrazone groups is 1. The largest absolute Gasteiger partial charge is 0.493 e. The van der Waals surface area contributed by atoms with Gasteiger partial charge in [0.15, 0.2) is 11.5 Å². The van der Waals surface area contributed by atoms with E-state index >= 15 is 0 Å². The Morgan fingerprint density at radius 2 is 1.77 bits per heavy atom. The Labute approximate surface area is 192 Å². The number of carbonyl (C=O) groups excluding carboxylic acids is 1. The summed E-state index contributed by atoms with van der Waals surface area (Å²) in [5.74, 6) is -0.187. The molecule has 3 aromatic carbocycles. The van der Waals surface area contributed by atoms with Gasteiger partial charge in [0.05, 0.1) is 28.8 Å². The molecule has 3 aromatic rings. The molecule has 10 heteroatoms. The number of carbonyl (C=O) groups is 1. The summed E-state index contributed by atoms with van der Waals surface area (Å²) in [6, 6.07) is 17.3. The molecule has 0 atom stereocenters. The first-order valence-electron chi connectivity index (χ1n) is 8.75. The minimum Gasteiger partial charge on any atom is -0.493 e. The van der Waals surface area contributed by atoms with Crippen molar-refractivity contribution in [3.63, 3.8) is 0 Å². The molecule has 0 aliphatic carbocycles. The molecule has 0 bridgehead atoms. The molecule has 0 unspecified atom stereocenters. The number of hydrogen-bond donors (Lipinski definition) is 1. The second-order valence-corrected chi connectivity index (χ2v) is 9.07. The number of nitrogens with zero attached hydrogens (tertiary/aromatic N) is 1. The predicted molar refractivity (Wildman–Crippen MR) is 121 cm³/mol. The number of rotatable bonds is 7. The lowest BCUT2D eigenvalue weighted by molar-refractivity contribution is 0.0730. The average Bonchev–Trinajstić information content (AvgIpc) is 2.75. The standard InChI is InChI=1S/C21H16BrClN2O5S/c1-29-20-12-14(13-24-25-31(27,28)16-9-7-15(22)8-10-16)6-11-19(20)30-21(26)17-4-2-3-5-18(17)23/h2-13,25H,1H3/b24-13+. The third-order valence-corrected chi connectivity index (χ3v) is 6.09. The van der Waals surface area contributed by atoms with Crippen molar-refractivity contribution in [2.45, 2.75) is 4.90 Å². The zero-order chi connectivity index (χ0) is 22.4. The SMILES string of the molecule is COc1cc(/C=N/NS(=O)(=O)c2ccc(Br)cc2)ccc1OC(=O)c1ccccc1Cl. The third kappa shape index (κ3) is 5.84. The van der Waals surface area contributed by atoms with Crippen LogP contribution in [0.1, 0.15) is 15.9 Å². The summed E-state index contributed by atoms with van der Waals surface area (Å²) in [5.41, 5.74) is 0.743. The lowest BCUT2D eigenvalue weighted by Gasteiger charge is -2.10. The molecule has 1 N–H and O–H groups in total. The second kappa shape index (κ2) is 9.95. The van der Waals surface area contributed by atoms with Crippen LogP contribution in [0.5, 0.6) is 11.5 Å². The first-order chi connectivity index (χ1) is 14.8. The molecule has 160 valence electrons. The van der Waals surface area contributed by atoms with E-state index in [-0.39, 0.29) is 27.0 Å². The number of sulfonamides is 1.